The maximum absolute atomic E-state index is 13.6. The van der Waals surface area contributed by atoms with Crippen molar-refractivity contribution >= 4 is 55.4 Å². The number of alkyl halides is 3. The van der Waals surface area contributed by atoms with Crippen molar-refractivity contribution in [3.63, 3.8) is 0 Å². The topological polar surface area (TPSA) is 160 Å². The average Bonchev–Trinajstić information content (AvgIpc) is 3.57. The summed E-state index contributed by atoms with van der Waals surface area (Å²) in [6, 6.07) is 23.1. The molecule has 4 aliphatic rings. The monoisotopic (exact) mass is 876 g/mol. The fraction of sp³-hybridized carbons (Fsp3) is 0.468. The van der Waals surface area contributed by atoms with Gasteiger partial charge in [0, 0.05) is 31.0 Å². The summed E-state index contributed by atoms with van der Waals surface area (Å²) in [6.07, 6.45) is 8.41. The lowest BCUT2D eigenvalue weighted by molar-refractivity contribution is -0.617. The van der Waals surface area contributed by atoms with Gasteiger partial charge >= 0.3 is 11.5 Å². The van der Waals surface area contributed by atoms with Crippen LogP contribution in [0.5, 0.6) is 5.75 Å². The van der Waals surface area contributed by atoms with Crippen molar-refractivity contribution in [2.45, 2.75) is 83.8 Å². The molecule has 7 unspecified atom stereocenters. The number of carbonyl (C=O) groups excluding carboxylic acids is 4. The number of nitrogens with one attached hydrogen (secondary N) is 1. The van der Waals surface area contributed by atoms with Crippen LogP contribution in [-0.4, -0.2) is 61.2 Å². The van der Waals surface area contributed by atoms with Gasteiger partial charge in [-0.1, -0.05) is 55.8 Å². The number of Topliss-reactive ketones (excluding diaryl/α,β-unsaturated/α-hetero) is 1. The molecule has 1 amide bonds. The van der Waals surface area contributed by atoms with E-state index >= 15 is 0 Å². The van der Waals surface area contributed by atoms with E-state index < -0.39 is 21.6 Å². The first-order valence-corrected chi connectivity index (χ1v) is 22.4. The van der Waals surface area contributed by atoms with Gasteiger partial charge in [-0.15, -0.1) is 0 Å². The second-order valence-electron chi connectivity index (χ2n) is 17.7. The molecule has 0 spiro atoms. The fourth-order valence-corrected chi connectivity index (χ4v) is 11.4. The number of rotatable bonds is 9. The van der Waals surface area contributed by atoms with Crippen LogP contribution in [0.25, 0.3) is 21.8 Å². The molecule has 4 aromatic rings. The maximum Gasteiger partial charge on any atom is 0.485 e. The largest absolute Gasteiger partial charge is 0.741 e. The molecule has 1 heterocycles. The summed E-state index contributed by atoms with van der Waals surface area (Å²) in [5, 5.41) is 4.71. The molecule has 0 saturated heterocycles. The number of ether oxygens (including phenoxy) is 2. The summed E-state index contributed by atoms with van der Waals surface area (Å²) < 4.78 is 73.5. The minimum atomic E-state index is -6.09. The molecule has 0 bridgehead atoms. The Morgan fingerprint density at radius 2 is 1.53 bits per heavy atom. The van der Waals surface area contributed by atoms with Crippen LogP contribution in [0, 0.1) is 34.5 Å². The first kappa shape index (κ1) is 45.0. The van der Waals surface area contributed by atoms with Crippen molar-refractivity contribution < 1.29 is 59.4 Å². The van der Waals surface area contributed by atoms with E-state index in [9.17, 15) is 32.3 Å². The SMILES string of the molecule is CC(=O)C1CCC2C3CCC4=CC(=O)CCC4(C)C3C(OCC(=O)NCCc3ccc(OC(=O)c4c5ccccc5[n+](C)c5ccccc45)cc3)CC12C.O=S(=O)([O-])C(F)(F)F. The van der Waals surface area contributed by atoms with Crippen molar-refractivity contribution in [3.05, 3.63) is 95.6 Å². The number of ketones is 2. The van der Waals surface area contributed by atoms with E-state index in [1.807, 2.05) is 73.8 Å². The molecule has 0 radical (unpaired) electrons. The van der Waals surface area contributed by atoms with E-state index in [1.54, 1.807) is 19.1 Å². The average molecular weight is 877 g/mol. The molecule has 1 N–H and O–H groups in total. The third-order valence-corrected chi connectivity index (χ3v) is 14.8. The van der Waals surface area contributed by atoms with Crippen molar-refractivity contribution in [1.29, 1.82) is 0 Å². The molecule has 7 atom stereocenters. The van der Waals surface area contributed by atoms with Crippen LogP contribution >= 0.6 is 0 Å². The highest BCUT2D eigenvalue weighted by Crippen LogP contribution is 2.67. The van der Waals surface area contributed by atoms with Crippen LogP contribution in [0.15, 0.2) is 84.4 Å². The van der Waals surface area contributed by atoms with Crippen molar-refractivity contribution in [1.82, 2.24) is 5.32 Å². The van der Waals surface area contributed by atoms with Crippen LogP contribution in [0.1, 0.15) is 81.6 Å². The number of nitrogens with zero attached hydrogens (tertiary/aromatic N) is 1. The Balaban J connectivity index is 0.000000659. The predicted octanol–water partition coefficient (Wildman–Crippen LogP) is 7.48. The van der Waals surface area contributed by atoms with Crippen molar-refractivity contribution in [2.24, 2.45) is 41.5 Å². The number of hydrogen-bond donors (Lipinski definition) is 1. The van der Waals surface area contributed by atoms with Gasteiger partial charge in [-0.25, -0.2) is 13.2 Å². The highest BCUT2D eigenvalue weighted by atomic mass is 32.2. The Bertz CT molecular complexity index is 2500. The molecular formula is C47H51F3N2O9S. The number of esters is 1. The number of aromatic nitrogens is 1. The van der Waals surface area contributed by atoms with Gasteiger partial charge in [-0.2, -0.15) is 17.7 Å². The standard InChI is InChI=1S/C46H50N2O6.CHF3O3S/c1-28(49)36-19-20-37-33-18-15-30-25-31(50)21-23-45(30,2)43(33)40(26-46(36,37)3)53-27-41(51)47-24-22-29-13-16-32(17-14-29)54-44(52)42-34-9-5-7-11-38(34)48(4)39-12-8-6-10-35(39)42;2-1(3,4)8(5,6)7/h5-14,16-17,25,33,36-37,40,43H,15,18-24,26-27H2,1-4H3;(H,5,6,7). The Morgan fingerprint density at radius 3 is 2.13 bits per heavy atom. The molecule has 3 aromatic carbocycles. The van der Waals surface area contributed by atoms with E-state index in [1.165, 1.54) is 5.57 Å². The number of amides is 1. The number of aryl methyl sites for hydroxylation is 1. The fourth-order valence-electron chi connectivity index (χ4n) is 11.4. The van der Waals surface area contributed by atoms with Crippen molar-refractivity contribution in [2.75, 3.05) is 13.2 Å². The van der Waals surface area contributed by atoms with Crippen LogP contribution in [0.4, 0.5) is 13.2 Å². The second-order valence-corrected chi connectivity index (χ2v) is 19.1. The molecular weight excluding hydrogens is 826 g/mol. The smallest absolute Gasteiger partial charge is 0.485 e. The lowest BCUT2D eigenvalue weighted by atomic mass is 9.46. The zero-order valence-electron chi connectivity index (χ0n) is 35.1. The summed E-state index contributed by atoms with van der Waals surface area (Å²) in [5.74, 6) is 1.48. The number of pyridine rings is 1. The summed E-state index contributed by atoms with van der Waals surface area (Å²) in [7, 11) is -4.09. The highest BCUT2D eigenvalue weighted by Gasteiger charge is 2.63. The van der Waals surface area contributed by atoms with Crippen LogP contribution in [0.2, 0.25) is 0 Å². The number of para-hydroxylation sites is 2. The minimum absolute atomic E-state index is 0.0254. The third kappa shape index (κ3) is 8.67. The third-order valence-electron chi connectivity index (χ3n) is 14.2. The normalized spacial score (nSPS) is 26.9. The first-order chi connectivity index (χ1) is 29.2. The molecule has 330 valence electrons. The summed E-state index contributed by atoms with van der Waals surface area (Å²) in [6.45, 7) is 6.74. The summed E-state index contributed by atoms with van der Waals surface area (Å²) >= 11 is 0. The number of hydrogen-bond acceptors (Lipinski definition) is 9. The van der Waals surface area contributed by atoms with Gasteiger partial charge in [0.25, 0.3) is 0 Å². The second kappa shape index (κ2) is 17.3. The van der Waals surface area contributed by atoms with Crippen LogP contribution < -0.4 is 14.6 Å². The number of halogens is 3. The Labute approximate surface area is 358 Å². The summed E-state index contributed by atoms with van der Waals surface area (Å²) in [5.41, 5.74) is -1.23. The van der Waals surface area contributed by atoms with E-state index in [2.05, 4.69) is 23.7 Å². The van der Waals surface area contributed by atoms with Crippen LogP contribution in [0.3, 0.4) is 0 Å². The maximum atomic E-state index is 13.6. The molecule has 3 saturated carbocycles. The van der Waals surface area contributed by atoms with E-state index in [0.29, 0.717) is 42.5 Å². The van der Waals surface area contributed by atoms with Gasteiger partial charge in [-0.3, -0.25) is 14.4 Å². The molecule has 11 nitrogen and oxygen atoms in total. The van der Waals surface area contributed by atoms with Crippen LogP contribution in [-0.2, 0) is 42.7 Å². The van der Waals surface area contributed by atoms with Gasteiger partial charge in [-0.05, 0) is 116 Å². The van der Waals surface area contributed by atoms with Gasteiger partial charge in [0.1, 0.15) is 25.2 Å². The van der Waals surface area contributed by atoms with E-state index in [4.69, 9.17) is 22.4 Å². The number of benzene rings is 3. The van der Waals surface area contributed by atoms with Gasteiger partial charge < -0.3 is 19.3 Å². The lowest BCUT2D eigenvalue weighted by Gasteiger charge is -2.60. The van der Waals surface area contributed by atoms with Gasteiger partial charge in [0.2, 0.25) is 16.9 Å². The Kier molecular flexibility index (Phi) is 12.6. The number of fused-ring (bicyclic) bond motifs is 7. The van der Waals surface area contributed by atoms with Gasteiger partial charge in [0.15, 0.2) is 15.9 Å². The lowest BCUT2D eigenvalue weighted by Crippen LogP contribution is -2.58. The number of carbonyl (C=O) groups is 4. The zero-order chi connectivity index (χ0) is 44.8. The molecule has 4 aliphatic carbocycles. The molecule has 3 fully saturated rings. The zero-order valence-corrected chi connectivity index (χ0v) is 35.9. The van der Waals surface area contributed by atoms with E-state index in [0.717, 1.165) is 65.9 Å². The predicted molar refractivity (Wildman–Crippen MR) is 223 cm³/mol. The minimum Gasteiger partial charge on any atom is -0.741 e. The Morgan fingerprint density at radius 1 is 0.919 bits per heavy atom. The molecule has 0 aliphatic heterocycles. The molecule has 1 aromatic heterocycles. The number of allylic oxidation sites excluding steroid dienone is 1. The van der Waals surface area contributed by atoms with E-state index in [-0.39, 0.29) is 52.9 Å². The quantitative estimate of drug-likeness (QED) is 0.0449. The van der Waals surface area contributed by atoms with Gasteiger partial charge in [0.05, 0.1) is 22.4 Å². The highest BCUT2D eigenvalue weighted by molar-refractivity contribution is 7.86. The molecule has 15 heteroatoms. The molecule has 8 rings (SSSR count). The first-order valence-electron chi connectivity index (χ1n) is 21.0. The summed E-state index contributed by atoms with van der Waals surface area (Å²) in [4.78, 5) is 52.2. The molecule has 62 heavy (non-hydrogen) atoms. The Hall–Kier alpha value is -4.99. The van der Waals surface area contributed by atoms with Crippen molar-refractivity contribution in [3.8, 4) is 5.75 Å².